The molecule has 0 aromatic rings. The fourth-order valence-electron chi connectivity index (χ4n) is 0.614. The van der Waals surface area contributed by atoms with Crippen LogP contribution in [0, 0.1) is 0 Å². The van der Waals surface area contributed by atoms with Crippen LogP contribution in [0.5, 0.6) is 0 Å². The molecular weight excluding hydrogens is 170 g/mol. The monoisotopic (exact) mass is 183 g/mol. The lowest BCUT2D eigenvalue weighted by Gasteiger charge is -2.04. The maximum Gasteiger partial charge on any atom is 0.0366 e. The van der Waals surface area contributed by atoms with Crippen LogP contribution in [0.2, 0.25) is 0 Å². The van der Waals surface area contributed by atoms with E-state index in [1.54, 1.807) is 6.20 Å². The van der Waals surface area contributed by atoms with Crippen molar-refractivity contribution < 1.29 is 0 Å². The van der Waals surface area contributed by atoms with Crippen LogP contribution >= 0.6 is 11.6 Å². The van der Waals surface area contributed by atoms with Crippen molar-refractivity contribution in [2.45, 2.75) is 13.8 Å². The van der Waals surface area contributed by atoms with Crippen molar-refractivity contribution in [2.75, 3.05) is 0 Å². The molecule has 0 aliphatic heterocycles. The van der Waals surface area contributed by atoms with Crippen molar-refractivity contribution in [3.8, 4) is 0 Å². The minimum Gasteiger partial charge on any atom is -0.363 e. The number of allylic oxidation sites excluding steroid dienone is 4. The van der Waals surface area contributed by atoms with Gasteiger partial charge in [0, 0.05) is 10.7 Å². The van der Waals surface area contributed by atoms with Gasteiger partial charge in [0.25, 0.3) is 0 Å². The Hall–Kier alpha value is -0.950. The first-order valence-corrected chi connectivity index (χ1v) is 4.06. The van der Waals surface area contributed by atoms with Gasteiger partial charge in [-0.2, -0.15) is 0 Å². The fourth-order valence-corrected chi connectivity index (χ4v) is 0.778. The summed E-state index contributed by atoms with van der Waals surface area (Å²) in [4.78, 5) is 0. The van der Waals surface area contributed by atoms with E-state index in [0.717, 1.165) is 11.3 Å². The lowest BCUT2D eigenvalue weighted by Crippen LogP contribution is -2.03. The second kappa shape index (κ2) is 5.67. The molecule has 0 amide bonds. The third-order valence-electron chi connectivity index (χ3n) is 1.38. The van der Waals surface area contributed by atoms with Crippen LogP contribution in [0.3, 0.4) is 0 Å². The van der Waals surface area contributed by atoms with E-state index in [1.165, 1.54) is 0 Å². The van der Waals surface area contributed by atoms with Gasteiger partial charge in [-0.05, 0) is 31.7 Å². The Bertz CT molecular complexity index is 236. The minimum absolute atomic E-state index is 0.708. The van der Waals surface area contributed by atoms with Crippen LogP contribution < -0.4 is 5.32 Å². The summed E-state index contributed by atoms with van der Waals surface area (Å²) in [7, 11) is 0. The van der Waals surface area contributed by atoms with Crippen LogP contribution in [0.1, 0.15) is 13.8 Å². The van der Waals surface area contributed by atoms with E-state index in [9.17, 15) is 0 Å². The number of hydrogen-bond acceptors (Lipinski definition) is 1. The Morgan fingerprint density at radius 3 is 2.50 bits per heavy atom. The standard InChI is InChI=1S/C10H14ClN/c1-5-10(11)7-8(3)9(4)12-6-2/h5-7,12H,2,4H2,1,3H3/b8-7-,10-5+. The van der Waals surface area contributed by atoms with E-state index in [0.29, 0.717) is 5.03 Å². The van der Waals surface area contributed by atoms with Crippen LogP contribution in [0.15, 0.2) is 47.8 Å². The van der Waals surface area contributed by atoms with Crippen LogP contribution in [-0.4, -0.2) is 0 Å². The second-order valence-corrected chi connectivity index (χ2v) is 2.76. The topological polar surface area (TPSA) is 12.0 Å². The van der Waals surface area contributed by atoms with Crippen molar-refractivity contribution in [2.24, 2.45) is 0 Å². The summed E-state index contributed by atoms with van der Waals surface area (Å²) in [6.45, 7) is 11.2. The van der Waals surface area contributed by atoms with Gasteiger partial charge in [0.05, 0.1) is 0 Å². The number of hydrogen-bond donors (Lipinski definition) is 1. The van der Waals surface area contributed by atoms with Crippen LogP contribution in [0.4, 0.5) is 0 Å². The van der Waals surface area contributed by atoms with Gasteiger partial charge in [-0.3, -0.25) is 0 Å². The highest BCUT2D eigenvalue weighted by Gasteiger charge is 1.93. The summed E-state index contributed by atoms with van der Waals surface area (Å²) < 4.78 is 0. The van der Waals surface area contributed by atoms with Crippen LogP contribution in [-0.2, 0) is 0 Å². The van der Waals surface area contributed by atoms with Crippen molar-refractivity contribution in [1.82, 2.24) is 5.32 Å². The lowest BCUT2D eigenvalue weighted by atomic mass is 10.2. The molecule has 2 heteroatoms. The highest BCUT2D eigenvalue weighted by Crippen LogP contribution is 2.10. The highest BCUT2D eigenvalue weighted by atomic mass is 35.5. The summed E-state index contributed by atoms with van der Waals surface area (Å²) in [5.74, 6) is 0. The first kappa shape index (κ1) is 11.1. The molecule has 1 N–H and O–H groups in total. The predicted molar refractivity (Wildman–Crippen MR) is 55.8 cm³/mol. The summed E-state index contributed by atoms with van der Waals surface area (Å²) in [5, 5.41) is 3.60. The normalized spacial score (nSPS) is 12.6. The molecule has 0 bridgehead atoms. The van der Waals surface area contributed by atoms with E-state index in [2.05, 4.69) is 18.5 Å². The van der Waals surface area contributed by atoms with E-state index < -0.39 is 0 Å². The average molecular weight is 184 g/mol. The Balaban J connectivity index is 4.37. The molecular formula is C10H14ClN. The summed E-state index contributed by atoms with van der Waals surface area (Å²) in [6.07, 6.45) is 5.26. The third-order valence-corrected chi connectivity index (χ3v) is 1.71. The van der Waals surface area contributed by atoms with Gasteiger partial charge < -0.3 is 5.32 Å². The zero-order chi connectivity index (χ0) is 9.56. The van der Waals surface area contributed by atoms with Gasteiger partial charge >= 0.3 is 0 Å². The molecule has 66 valence electrons. The van der Waals surface area contributed by atoms with Crippen molar-refractivity contribution >= 4 is 11.6 Å². The molecule has 0 spiro atoms. The van der Waals surface area contributed by atoms with Gasteiger partial charge in [-0.15, -0.1) is 0 Å². The van der Waals surface area contributed by atoms with Gasteiger partial charge in [0.15, 0.2) is 0 Å². The molecule has 12 heavy (non-hydrogen) atoms. The Labute approximate surface area is 79.1 Å². The van der Waals surface area contributed by atoms with Crippen LogP contribution in [0.25, 0.3) is 0 Å². The number of halogens is 1. The van der Waals surface area contributed by atoms with E-state index in [1.807, 2.05) is 26.0 Å². The lowest BCUT2D eigenvalue weighted by molar-refractivity contribution is 1.08. The maximum atomic E-state index is 5.79. The average Bonchev–Trinajstić information content (AvgIpc) is 2.04. The molecule has 0 atom stereocenters. The van der Waals surface area contributed by atoms with Gasteiger partial charge in [-0.1, -0.05) is 30.8 Å². The van der Waals surface area contributed by atoms with E-state index >= 15 is 0 Å². The van der Waals surface area contributed by atoms with Gasteiger partial charge in [-0.25, -0.2) is 0 Å². The summed E-state index contributed by atoms with van der Waals surface area (Å²) in [5.41, 5.74) is 1.81. The zero-order valence-corrected chi connectivity index (χ0v) is 8.28. The molecule has 0 saturated heterocycles. The SMILES string of the molecule is C=CNC(=C)/C(C)=C\C(Cl)=C/C. The Kier molecular flexibility index (Phi) is 5.22. The van der Waals surface area contributed by atoms with Crippen molar-refractivity contribution in [3.05, 3.63) is 47.8 Å². The molecule has 0 aliphatic rings. The van der Waals surface area contributed by atoms with Gasteiger partial charge in [0.2, 0.25) is 0 Å². The minimum atomic E-state index is 0.708. The summed E-state index contributed by atoms with van der Waals surface area (Å²) in [6, 6.07) is 0. The first-order valence-electron chi connectivity index (χ1n) is 3.68. The molecule has 0 aliphatic carbocycles. The zero-order valence-electron chi connectivity index (χ0n) is 7.52. The molecule has 0 saturated carbocycles. The van der Waals surface area contributed by atoms with Crippen molar-refractivity contribution in [3.63, 3.8) is 0 Å². The Morgan fingerprint density at radius 2 is 2.08 bits per heavy atom. The van der Waals surface area contributed by atoms with Crippen molar-refractivity contribution in [1.29, 1.82) is 0 Å². The first-order chi connectivity index (χ1) is 5.61. The number of nitrogens with one attached hydrogen (secondary N) is 1. The molecule has 1 nitrogen and oxygen atoms in total. The van der Waals surface area contributed by atoms with Gasteiger partial charge in [0.1, 0.15) is 0 Å². The maximum absolute atomic E-state index is 5.79. The molecule has 0 radical (unpaired) electrons. The fraction of sp³-hybridized carbons (Fsp3) is 0.200. The molecule has 0 aromatic carbocycles. The molecule has 0 unspecified atom stereocenters. The van der Waals surface area contributed by atoms with E-state index in [-0.39, 0.29) is 0 Å². The molecule has 0 aromatic heterocycles. The second-order valence-electron chi connectivity index (χ2n) is 2.33. The molecule has 0 fully saturated rings. The van der Waals surface area contributed by atoms with E-state index in [4.69, 9.17) is 11.6 Å². The largest absolute Gasteiger partial charge is 0.363 e. The predicted octanol–water partition coefficient (Wildman–Crippen LogP) is 3.32. The summed E-state index contributed by atoms with van der Waals surface area (Å²) >= 11 is 5.79. The number of rotatable bonds is 4. The quantitative estimate of drug-likeness (QED) is 0.660. The highest BCUT2D eigenvalue weighted by molar-refractivity contribution is 6.31. The molecule has 0 heterocycles. The third kappa shape index (κ3) is 4.04. The Morgan fingerprint density at radius 1 is 1.50 bits per heavy atom. The smallest absolute Gasteiger partial charge is 0.0366 e. The molecule has 0 rings (SSSR count).